The topological polar surface area (TPSA) is 27.0 Å². The first-order valence-corrected chi connectivity index (χ1v) is 7.05. The van der Waals surface area contributed by atoms with Crippen LogP contribution in [0.4, 0.5) is 0 Å². The second kappa shape index (κ2) is 6.88. The summed E-state index contributed by atoms with van der Waals surface area (Å²) in [6, 6.07) is 22.6. The maximum Gasteiger partial charge on any atom is 0.137 e. The summed E-state index contributed by atoms with van der Waals surface area (Å²) in [5.41, 5.74) is 1.54. The van der Waals surface area contributed by atoms with Gasteiger partial charge in [-0.05, 0) is 25.2 Å². The minimum Gasteiger partial charge on any atom is -0.288 e. The van der Waals surface area contributed by atoms with Crippen LogP contribution in [0.2, 0.25) is 0 Å². The van der Waals surface area contributed by atoms with Gasteiger partial charge in [-0.2, -0.15) is 5.26 Å². The molecule has 2 aromatic rings. The Bertz CT molecular complexity index is 624. The van der Waals surface area contributed by atoms with Gasteiger partial charge >= 0.3 is 0 Å². The first-order valence-electron chi connectivity index (χ1n) is 7.05. The number of benzene rings is 2. The van der Waals surface area contributed by atoms with E-state index in [9.17, 15) is 5.26 Å². The average Bonchev–Trinajstić information content (AvgIpc) is 2.53. The normalized spacial score (nSPS) is 14.0. The van der Waals surface area contributed by atoms with E-state index < -0.39 is 5.54 Å². The Morgan fingerprint density at radius 1 is 1.00 bits per heavy atom. The number of nitrogens with zero attached hydrogens (tertiary/aromatic N) is 2. The molecule has 0 spiro atoms. The highest BCUT2D eigenvalue weighted by Crippen LogP contribution is 2.30. The van der Waals surface area contributed by atoms with Crippen molar-refractivity contribution in [2.75, 3.05) is 14.1 Å². The SMILES string of the molecule is CN(C)C(C#N)(C/C=C/c1ccccc1)c1ccccc1. The molecule has 0 aliphatic rings. The summed E-state index contributed by atoms with van der Waals surface area (Å²) in [4.78, 5) is 1.98. The molecule has 0 aliphatic heterocycles. The van der Waals surface area contributed by atoms with Gasteiger partial charge in [0.05, 0.1) is 6.07 Å². The summed E-state index contributed by atoms with van der Waals surface area (Å²) in [5.74, 6) is 0. The van der Waals surface area contributed by atoms with Gasteiger partial charge < -0.3 is 0 Å². The monoisotopic (exact) mass is 276 g/mol. The van der Waals surface area contributed by atoms with Gasteiger partial charge in [0.15, 0.2) is 0 Å². The molecule has 0 aromatic heterocycles. The van der Waals surface area contributed by atoms with E-state index >= 15 is 0 Å². The Balaban J connectivity index is 2.26. The zero-order valence-corrected chi connectivity index (χ0v) is 12.5. The molecule has 0 radical (unpaired) electrons. The summed E-state index contributed by atoms with van der Waals surface area (Å²) in [6.07, 6.45) is 4.79. The van der Waals surface area contributed by atoms with Gasteiger partial charge in [-0.25, -0.2) is 0 Å². The van der Waals surface area contributed by atoms with E-state index in [1.54, 1.807) is 0 Å². The van der Waals surface area contributed by atoms with Crippen LogP contribution in [-0.2, 0) is 5.54 Å². The molecular weight excluding hydrogens is 256 g/mol. The lowest BCUT2D eigenvalue weighted by atomic mass is 9.86. The zero-order chi connectivity index (χ0) is 15.1. The third-order valence-corrected chi connectivity index (χ3v) is 3.72. The average molecular weight is 276 g/mol. The number of nitriles is 1. The lowest BCUT2D eigenvalue weighted by Gasteiger charge is -2.33. The standard InChI is InChI=1S/C19H20N2/c1-21(2)19(16-20,18-13-7-4-8-14-18)15-9-12-17-10-5-3-6-11-17/h3-14H,15H2,1-2H3/b12-9+. The molecule has 106 valence electrons. The highest BCUT2D eigenvalue weighted by atomic mass is 15.1. The van der Waals surface area contributed by atoms with Crippen LogP contribution < -0.4 is 0 Å². The predicted molar refractivity (Wildman–Crippen MR) is 87.5 cm³/mol. The molecule has 2 heteroatoms. The first-order chi connectivity index (χ1) is 10.2. The minimum absolute atomic E-state index is 0.632. The van der Waals surface area contributed by atoms with Gasteiger partial charge in [0.25, 0.3) is 0 Å². The predicted octanol–water partition coefficient (Wildman–Crippen LogP) is 4.07. The van der Waals surface area contributed by atoms with E-state index in [4.69, 9.17) is 0 Å². The van der Waals surface area contributed by atoms with Crippen molar-refractivity contribution in [1.82, 2.24) is 4.90 Å². The molecule has 21 heavy (non-hydrogen) atoms. The van der Waals surface area contributed by atoms with E-state index in [0.717, 1.165) is 11.1 Å². The molecule has 0 aliphatic carbocycles. The summed E-state index contributed by atoms with van der Waals surface area (Å²) in [5, 5.41) is 9.77. The molecule has 0 N–H and O–H groups in total. The number of rotatable bonds is 5. The highest BCUT2D eigenvalue weighted by Gasteiger charge is 2.33. The molecule has 1 atom stereocenters. The summed E-state index contributed by atoms with van der Waals surface area (Å²) < 4.78 is 0. The highest BCUT2D eigenvalue weighted by molar-refractivity contribution is 5.49. The molecular formula is C19H20N2. The number of hydrogen-bond acceptors (Lipinski definition) is 2. The number of hydrogen-bond donors (Lipinski definition) is 0. The second-order valence-electron chi connectivity index (χ2n) is 5.25. The van der Waals surface area contributed by atoms with Gasteiger partial charge in [0, 0.05) is 6.42 Å². The zero-order valence-electron chi connectivity index (χ0n) is 12.5. The fourth-order valence-corrected chi connectivity index (χ4v) is 2.41. The minimum atomic E-state index is -0.632. The van der Waals surface area contributed by atoms with Crippen LogP contribution in [0.1, 0.15) is 17.5 Å². The van der Waals surface area contributed by atoms with Crippen LogP contribution >= 0.6 is 0 Å². The Hall–Kier alpha value is -2.37. The van der Waals surface area contributed by atoms with Crippen LogP contribution in [-0.4, -0.2) is 19.0 Å². The molecule has 2 nitrogen and oxygen atoms in total. The maximum atomic E-state index is 9.77. The Kier molecular flexibility index (Phi) is 4.92. The molecule has 0 heterocycles. The molecule has 0 saturated carbocycles. The quantitative estimate of drug-likeness (QED) is 0.823. The van der Waals surface area contributed by atoms with E-state index in [1.165, 1.54) is 0 Å². The molecule has 1 unspecified atom stereocenters. The fourth-order valence-electron chi connectivity index (χ4n) is 2.41. The van der Waals surface area contributed by atoms with Crippen molar-refractivity contribution in [2.45, 2.75) is 12.0 Å². The third kappa shape index (κ3) is 3.39. The molecule has 0 amide bonds. The largest absolute Gasteiger partial charge is 0.288 e. The van der Waals surface area contributed by atoms with Gasteiger partial charge in [0.2, 0.25) is 0 Å². The van der Waals surface area contributed by atoms with E-state index in [1.807, 2.05) is 67.5 Å². The fraction of sp³-hybridized carbons (Fsp3) is 0.211. The Morgan fingerprint density at radius 3 is 2.10 bits per heavy atom. The van der Waals surface area contributed by atoms with Crippen LogP contribution in [0.25, 0.3) is 6.08 Å². The summed E-state index contributed by atoms with van der Waals surface area (Å²) in [6.45, 7) is 0. The van der Waals surface area contributed by atoms with Crippen molar-refractivity contribution in [2.24, 2.45) is 0 Å². The van der Waals surface area contributed by atoms with Crippen molar-refractivity contribution in [3.8, 4) is 6.07 Å². The molecule has 0 bridgehead atoms. The lowest BCUT2D eigenvalue weighted by Crippen LogP contribution is -2.39. The van der Waals surface area contributed by atoms with Crippen molar-refractivity contribution >= 4 is 6.08 Å². The summed E-state index contributed by atoms with van der Waals surface area (Å²) >= 11 is 0. The van der Waals surface area contributed by atoms with Crippen LogP contribution in [0.3, 0.4) is 0 Å². The van der Waals surface area contributed by atoms with Gasteiger partial charge in [-0.3, -0.25) is 4.90 Å². The molecule has 0 fully saturated rings. The van der Waals surface area contributed by atoms with Gasteiger partial charge in [-0.15, -0.1) is 0 Å². The van der Waals surface area contributed by atoms with E-state index in [0.29, 0.717) is 6.42 Å². The Morgan fingerprint density at radius 2 is 1.57 bits per heavy atom. The molecule has 0 saturated heterocycles. The van der Waals surface area contributed by atoms with Crippen LogP contribution in [0.5, 0.6) is 0 Å². The molecule has 2 rings (SSSR count). The van der Waals surface area contributed by atoms with Crippen LogP contribution in [0, 0.1) is 11.3 Å². The van der Waals surface area contributed by atoms with Crippen molar-refractivity contribution in [1.29, 1.82) is 5.26 Å². The second-order valence-corrected chi connectivity index (χ2v) is 5.25. The maximum absolute atomic E-state index is 9.77. The van der Waals surface area contributed by atoms with Crippen LogP contribution in [0.15, 0.2) is 66.7 Å². The Labute approximate surface area is 127 Å². The lowest BCUT2D eigenvalue weighted by molar-refractivity contribution is 0.221. The van der Waals surface area contributed by atoms with Crippen molar-refractivity contribution in [3.05, 3.63) is 77.9 Å². The van der Waals surface area contributed by atoms with E-state index in [2.05, 4.69) is 30.4 Å². The van der Waals surface area contributed by atoms with Gasteiger partial charge in [0.1, 0.15) is 5.54 Å². The van der Waals surface area contributed by atoms with Crippen molar-refractivity contribution in [3.63, 3.8) is 0 Å². The summed E-state index contributed by atoms with van der Waals surface area (Å²) in [7, 11) is 3.90. The van der Waals surface area contributed by atoms with Crippen molar-refractivity contribution < 1.29 is 0 Å². The molecule has 2 aromatic carbocycles. The smallest absolute Gasteiger partial charge is 0.137 e. The van der Waals surface area contributed by atoms with E-state index in [-0.39, 0.29) is 0 Å². The first kappa shape index (κ1) is 15.0. The third-order valence-electron chi connectivity index (χ3n) is 3.72. The van der Waals surface area contributed by atoms with Gasteiger partial charge in [-0.1, -0.05) is 72.8 Å².